The third kappa shape index (κ3) is 2.69. The third-order valence-electron chi connectivity index (χ3n) is 2.24. The van der Waals surface area contributed by atoms with E-state index in [9.17, 15) is 9.59 Å². The maximum atomic E-state index is 11.8. The summed E-state index contributed by atoms with van der Waals surface area (Å²) in [6, 6.07) is 5.82. The number of amides is 1. The fourth-order valence-electron chi connectivity index (χ4n) is 1.34. The van der Waals surface area contributed by atoms with Crippen LogP contribution in [0.15, 0.2) is 35.0 Å². The minimum atomic E-state index is -1.07. The Morgan fingerprint density at radius 2 is 2.00 bits per heavy atom. The molecule has 1 aromatic heterocycles. The van der Waals surface area contributed by atoms with E-state index in [1.54, 1.807) is 16.8 Å². The molecule has 0 unspecified atom stereocenters. The second-order valence-corrected chi connectivity index (χ2v) is 4.65. The predicted octanol–water partition coefficient (Wildman–Crippen LogP) is 3.35. The Labute approximate surface area is 112 Å². The Bertz CT molecular complexity index is 595. The molecule has 1 amide bonds. The SMILES string of the molecule is O=C(O)c1ccc(Cl)c(NC(=O)c2ccsc2)c1. The monoisotopic (exact) mass is 281 g/mol. The number of carboxylic acids is 1. The molecule has 2 N–H and O–H groups in total. The standard InChI is InChI=1S/C12H8ClNO3S/c13-9-2-1-7(12(16)17)5-10(9)14-11(15)8-3-4-18-6-8/h1-6H,(H,14,15)(H,16,17). The number of rotatable bonds is 3. The summed E-state index contributed by atoms with van der Waals surface area (Å²) in [6.45, 7) is 0. The summed E-state index contributed by atoms with van der Waals surface area (Å²) < 4.78 is 0. The van der Waals surface area contributed by atoms with E-state index in [4.69, 9.17) is 16.7 Å². The van der Waals surface area contributed by atoms with Gasteiger partial charge >= 0.3 is 5.97 Å². The molecule has 0 spiro atoms. The summed E-state index contributed by atoms with van der Waals surface area (Å²) in [4.78, 5) is 22.6. The van der Waals surface area contributed by atoms with Crippen molar-refractivity contribution in [2.45, 2.75) is 0 Å². The molecule has 0 aliphatic carbocycles. The van der Waals surface area contributed by atoms with Crippen molar-refractivity contribution in [2.75, 3.05) is 5.32 Å². The zero-order valence-electron chi connectivity index (χ0n) is 9.01. The maximum Gasteiger partial charge on any atom is 0.335 e. The molecule has 1 aromatic carbocycles. The lowest BCUT2D eigenvalue weighted by atomic mass is 10.2. The van der Waals surface area contributed by atoms with E-state index < -0.39 is 5.97 Å². The molecule has 0 aliphatic rings. The number of aromatic carboxylic acids is 1. The molecule has 0 radical (unpaired) electrons. The van der Waals surface area contributed by atoms with Crippen LogP contribution < -0.4 is 5.32 Å². The topological polar surface area (TPSA) is 66.4 Å². The summed E-state index contributed by atoms with van der Waals surface area (Å²) in [6.07, 6.45) is 0. The van der Waals surface area contributed by atoms with E-state index in [1.165, 1.54) is 29.5 Å². The highest BCUT2D eigenvalue weighted by Crippen LogP contribution is 2.24. The Balaban J connectivity index is 2.26. The number of hydrogen-bond donors (Lipinski definition) is 2. The van der Waals surface area contributed by atoms with E-state index in [0.29, 0.717) is 10.6 Å². The molecule has 2 aromatic rings. The van der Waals surface area contributed by atoms with Crippen LogP contribution in [0.2, 0.25) is 5.02 Å². The number of hydrogen-bond acceptors (Lipinski definition) is 3. The highest BCUT2D eigenvalue weighted by molar-refractivity contribution is 7.08. The first-order valence-electron chi connectivity index (χ1n) is 4.94. The van der Waals surface area contributed by atoms with Crippen molar-refractivity contribution in [1.82, 2.24) is 0 Å². The van der Waals surface area contributed by atoms with Gasteiger partial charge in [-0.25, -0.2) is 4.79 Å². The molecule has 6 heteroatoms. The summed E-state index contributed by atoms with van der Waals surface area (Å²) in [5.41, 5.74) is 0.865. The van der Waals surface area contributed by atoms with Crippen molar-refractivity contribution in [3.8, 4) is 0 Å². The number of anilines is 1. The normalized spacial score (nSPS) is 10.1. The lowest BCUT2D eigenvalue weighted by Crippen LogP contribution is -2.11. The van der Waals surface area contributed by atoms with Crippen LogP contribution in [-0.2, 0) is 0 Å². The van der Waals surface area contributed by atoms with Crippen molar-refractivity contribution in [2.24, 2.45) is 0 Å². The summed E-state index contributed by atoms with van der Waals surface area (Å²) in [7, 11) is 0. The molecule has 0 fully saturated rings. The predicted molar refractivity (Wildman–Crippen MR) is 70.7 cm³/mol. The molecular weight excluding hydrogens is 274 g/mol. The van der Waals surface area contributed by atoms with Gasteiger partial charge in [0.1, 0.15) is 0 Å². The van der Waals surface area contributed by atoms with Crippen LogP contribution in [0.5, 0.6) is 0 Å². The van der Waals surface area contributed by atoms with Crippen LogP contribution in [0, 0.1) is 0 Å². The van der Waals surface area contributed by atoms with Gasteiger partial charge in [0.05, 0.1) is 21.8 Å². The molecule has 4 nitrogen and oxygen atoms in total. The molecule has 92 valence electrons. The molecular formula is C12H8ClNO3S. The summed E-state index contributed by atoms with van der Waals surface area (Å²) >= 11 is 7.30. The quantitative estimate of drug-likeness (QED) is 0.906. The van der Waals surface area contributed by atoms with Crippen molar-refractivity contribution in [3.63, 3.8) is 0 Å². The van der Waals surface area contributed by atoms with Gasteiger partial charge in [0.2, 0.25) is 0 Å². The highest BCUT2D eigenvalue weighted by Gasteiger charge is 2.11. The van der Waals surface area contributed by atoms with Crippen molar-refractivity contribution >= 4 is 40.5 Å². The van der Waals surface area contributed by atoms with Gasteiger partial charge in [-0.3, -0.25) is 4.79 Å². The van der Waals surface area contributed by atoms with Crippen molar-refractivity contribution < 1.29 is 14.7 Å². The Morgan fingerprint density at radius 3 is 2.61 bits per heavy atom. The highest BCUT2D eigenvalue weighted by atomic mass is 35.5. The lowest BCUT2D eigenvalue weighted by molar-refractivity contribution is 0.0696. The van der Waals surface area contributed by atoms with Crippen LogP contribution in [0.4, 0.5) is 5.69 Å². The minimum Gasteiger partial charge on any atom is -0.478 e. The number of benzene rings is 1. The second-order valence-electron chi connectivity index (χ2n) is 3.47. The fraction of sp³-hybridized carbons (Fsp3) is 0. The van der Waals surface area contributed by atoms with E-state index in [-0.39, 0.29) is 17.2 Å². The van der Waals surface area contributed by atoms with Gasteiger partial charge in [-0.2, -0.15) is 11.3 Å². The Hall–Kier alpha value is -1.85. The average Bonchev–Trinajstić information content (AvgIpc) is 2.85. The van der Waals surface area contributed by atoms with Gasteiger partial charge in [-0.15, -0.1) is 0 Å². The Kier molecular flexibility index (Phi) is 3.64. The number of nitrogens with one attached hydrogen (secondary N) is 1. The van der Waals surface area contributed by atoms with Crippen LogP contribution in [0.1, 0.15) is 20.7 Å². The van der Waals surface area contributed by atoms with E-state index in [2.05, 4.69) is 5.32 Å². The van der Waals surface area contributed by atoms with Gasteiger partial charge in [0, 0.05) is 5.38 Å². The van der Waals surface area contributed by atoms with Crippen LogP contribution in [-0.4, -0.2) is 17.0 Å². The number of halogens is 1. The molecule has 0 aliphatic heterocycles. The van der Waals surface area contributed by atoms with E-state index in [1.807, 2.05) is 0 Å². The van der Waals surface area contributed by atoms with Crippen molar-refractivity contribution in [1.29, 1.82) is 0 Å². The first-order valence-corrected chi connectivity index (χ1v) is 6.26. The smallest absolute Gasteiger partial charge is 0.335 e. The second kappa shape index (κ2) is 5.20. The molecule has 1 heterocycles. The van der Waals surface area contributed by atoms with Gasteiger partial charge in [0.15, 0.2) is 0 Å². The summed E-state index contributed by atoms with van der Waals surface area (Å²) in [5.74, 6) is -1.39. The van der Waals surface area contributed by atoms with Gasteiger partial charge in [0.25, 0.3) is 5.91 Å². The van der Waals surface area contributed by atoms with Crippen molar-refractivity contribution in [3.05, 3.63) is 51.2 Å². The Morgan fingerprint density at radius 1 is 1.22 bits per heavy atom. The van der Waals surface area contributed by atoms with Crippen LogP contribution in [0.25, 0.3) is 0 Å². The molecule has 18 heavy (non-hydrogen) atoms. The number of thiophene rings is 1. The van der Waals surface area contributed by atoms with Crippen LogP contribution in [0.3, 0.4) is 0 Å². The number of carboxylic acid groups (broad SMARTS) is 1. The lowest BCUT2D eigenvalue weighted by Gasteiger charge is -2.07. The molecule has 0 atom stereocenters. The molecule has 0 saturated carbocycles. The molecule has 0 bridgehead atoms. The zero-order valence-corrected chi connectivity index (χ0v) is 10.6. The minimum absolute atomic E-state index is 0.0695. The first kappa shape index (κ1) is 12.6. The maximum absolute atomic E-state index is 11.8. The number of carbonyl (C=O) groups is 2. The fourth-order valence-corrected chi connectivity index (χ4v) is 2.14. The largest absolute Gasteiger partial charge is 0.478 e. The van der Waals surface area contributed by atoms with Crippen LogP contribution >= 0.6 is 22.9 Å². The van der Waals surface area contributed by atoms with Gasteiger partial charge < -0.3 is 10.4 Å². The van der Waals surface area contributed by atoms with Gasteiger partial charge in [-0.05, 0) is 29.6 Å². The first-order chi connectivity index (χ1) is 8.58. The third-order valence-corrected chi connectivity index (χ3v) is 3.26. The van der Waals surface area contributed by atoms with Gasteiger partial charge in [-0.1, -0.05) is 11.6 Å². The number of carbonyl (C=O) groups excluding carboxylic acids is 1. The zero-order chi connectivity index (χ0) is 13.1. The molecule has 2 rings (SSSR count). The van der Waals surface area contributed by atoms with E-state index >= 15 is 0 Å². The molecule has 0 saturated heterocycles. The van der Waals surface area contributed by atoms with E-state index in [0.717, 1.165) is 0 Å². The summed E-state index contributed by atoms with van der Waals surface area (Å²) in [5, 5.41) is 15.2. The average molecular weight is 282 g/mol.